The van der Waals surface area contributed by atoms with Crippen LogP contribution in [0.2, 0.25) is 0 Å². The third-order valence-electron chi connectivity index (χ3n) is 1.61. The smallest absolute Gasteiger partial charge is 0.220 e. The van der Waals surface area contributed by atoms with Crippen LogP contribution in [-0.4, -0.2) is 10.9 Å². The number of hydrogen-bond acceptors (Lipinski definition) is 3. The number of thiazole rings is 1. The second-order valence-electron chi connectivity index (χ2n) is 2.49. The molecule has 0 radical (unpaired) electrons. The summed E-state index contributed by atoms with van der Waals surface area (Å²) in [5.74, 6) is 0.0859. The lowest BCUT2D eigenvalue weighted by atomic mass is 10.4. The molecule has 0 spiro atoms. The highest BCUT2D eigenvalue weighted by Crippen LogP contribution is 2.10. The van der Waals surface area contributed by atoms with Crippen LogP contribution >= 0.6 is 11.3 Å². The van der Waals surface area contributed by atoms with Crippen molar-refractivity contribution in [1.82, 2.24) is 10.3 Å². The fourth-order valence-corrected chi connectivity index (χ4v) is 1.52. The maximum atomic E-state index is 10.9. The first-order chi connectivity index (χ1) is 5.74. The lowest BCUT2D eigenvalue weighted by molar-refractivity contribution is -0.120. The molecule has 0 aliphatic carbocycles. The Balaban J connectivity index is 2.43. The largest absolute Gasteiger partial charge is 0.351 e. The Kier molecular flexibility index (Phi) is 3.22. The van der Waals surface area contributed by atoms with E-state index in [1.807, 2.05) is 13.8 Å². The maximum Gasteiger partial charge on any atom is 0.220 e. The van der Waals surface area contributed by atoms with Gasteiger partial charge in [0.05, 0.1) is 17.7 Å². The van der Waals surface area contributed by atoms with Crippen LogP contribution in [0.3, 0.4) is 0 Å². The molecule has 0 fully saturated rings. The fourth-order valence-electron chi connectivity index (χ4n) is 0.800. The van der Waals surface area contributed by atoms with E-state index in [-0.39, 0.29) is 5.91 Å². The van der Waals surface area contributed by atoms with Crippen molar-refractivity contribution < 1.29 is 4.79 Å². The van der Waals surface area contributed by atoms with Crippen molar-refractivity contribution in [3.63, 3.8) is 0 Å². The average molecular weight is 184 g/mol. The van der Waals surface area contributed by atoms with E-state index in [0.29, 0.717) is 13.0 Å². The van der Waals surface area contributed by atoms with Crippen molar-refractivity contribution in [3.8, 4) is 0 Å². The van der Waals surface area contributed by atoms with Gasteiger partial charge in [-0.05, 0) is 6.92 Å². The maximum absolute atomic E-state index is 10.9. The lowest BCUT2D eigenvalue weighted by Crippen LogP contribution is -2.21. The van der Waals surface area contributed by atoms with Crippen LogP contribution in [0.1, 0.15) is 23.9 Å². The summed E-state index contributed by atoms with van der Waals surface area (Å²) in [6.07, 6.45) is 0.540. The molecule has 0 unspecified atom stereocenters. The summed E-state index contributed by atoms with van der Waals surface area (Å²) in [5.41, 5.74) is 2.80. The van der Waals surface area contributed by atoms with Gasteiger partial charge in [-0.25, -0.2) is 4.98 Å². The molecule has 0 saturated heterocycles. The fraction of sp³-hybridized carbons (Fsp3) is 0.500. The summed E-state index contributed by atoms with van der Waals surface area (Å²) < 4.78 is 0. The van der Waals surface area contributed by atoms with Crippen molar-refractivity contribution >= 4 is 17.2 Å². The number of amides is 1. The van der Waals surface area contributed by atoms with E-state index >= 15 is 0 Å². The van der Waals surface area contributed by atoms with E-state index in [2.05, 4.69) is 10.3 Å². The molecule has 1 aromatic rings. The minimum atomic E-state index is 0.0859. The number of carbonyl (C=O) groups is 1. The van der Waals surface area contributed by atoms with Crippen LogP contribution in [0.4, 0.5) is 0 Å². The highest BCUT2D eigenvalue weighted by molar-refractivity contribution is 7.09. The molecule has 0 atom stereocenters. The van der Waals surface area contributed by atoms with Gasteiger partial charge in [0, 0.05) is 11.3 Å². The van der Waals surface area contributed by atoms with Crippen molar-refractivity contribution in [2.45, 2.75) is 26.8 Å². The normalized spacial score (nSPS) is 9.83. The van der Waals surface area contributed by atoms with E-state index in [0.717, 1.165) is 10.6 Å². The Morgan fingerprint density at radius 3 is 3.00 bits per heavy atom. The number of carbonyl (C=O) groups excluding carboxylic acids is 1. The van der Waals surface area contributed by atoms with Crippen LogP contribution in [0.5, 0.6) is 0 Å². The minimum Gasteiger partial charge on any atom is -0.351 e. The van der Waals surface area contributed by atoms with Gasteiger partial charge < -0.3 is 5.32 Å². The van der Waals surface area contributed by atoms with Gasteiger partial charge in [-0.15, -0.1) is 11.3 Å². The van der Waals surface area contributed by atoms with Crippen LogP contribution in [-0.2, 0) is 11.3 Å². The van der Waals surface area contributed by atoms with Crippen LogP contribution < -0.4 is 5.32 Å². The molecule has 3 nitrogen and oxygen atoms in total. The Morgan fingerprint density at radius 2 is 2.50 bits per heavy atom. The van der Waals surface area contributed by atoms with E-state index in [9.17, 15) is 4.79 Å². The second-order valence-corrected chi connectivity index (χ2v) is 3.43. The Labute approximate surface area is 75.8 Å². The number of rotatable bonds is 3. The average Bonchev–Trinajstić information content (AvgIpc) is 2.47. The topological polar surface area (TPSA) is 42.0 Å². The summed E-state index contributed by atoms with van der Waals surface area (Å²) in [7, 11) is 0. The number of nitrogens with zero attached hydrogens (tertiary/aromatic N) is 1. The molecule has 12 heavy (non-hydrogen) atoms. The molecular weight excluding hydrogens is 172 g/mol. The lowest BCUT2D eigenvalue weighted by Gasteiger charge is -2.00. The van der Waals surface area contributed by atoms with Gasteiger partial charge in [0.2, 0.25) is 5.91 Å². The standard InChI is InChI=1S/C8H12N2OS/c1-3-8(11)9-4-7-6(2)10-5-12-7/h5H,3-4H2,1-2H3,(H,9,11). The monoisotopic (exact) mass is 184 g/mol. The van der Waals surface area contributed by atoms with Gasteiger partial charge in [-0.2, -0.15) is 0 Å². The molecule has 0 aliphatic rings. The van der Waals surface area contributed by atoms with Gasteiger partial charge in [0.1, 0.15) is 0 Å². The molecule has 1 heterocycles. The van der Waals surface area contributed by atoms with Crippen LogP contribution in [0.15, 0.2) is 5.51 Å². The molecule has 0 saturated carbocycles. The molecule has 4 heteroatoms. The zero-order valence-electron chi connectivity index (χ0n) is 7.26. The van der Waals surface area contributed by atoms with Crippen LogP contribution in [0.25, 0.3) is 0 Å². The Bertz CT molecular complexity index is 270. The van der Waals surface area contributed by atoms with Gasteiger partial charge in [-0.3, -0.25) is 4.79 Å². The summed E-state index contributed by atoms with van der Waals surface area (Å²) in [5, 5.41) is 2.81. The van der Waals surface area contributed by atoms with Gasteiger partial charge in [0.25, 0.3) is 0 Å². The van der Waals surface area contributed by atoms with Crippen molar-refractivity contribution in [3.05, 3.63) is 16.1 Å². The first kappa shape index (κ1) is 9.19. The molecule has 0 aliphatic heterocycles. The highest BCUT2D eigenvalue weighted by Gasteiger charge is 2.02. The molecule has 1 amide bonds. The van der Waals surface area contributed by atoms with E-state index in [1.54, 1.807) is 16.8 Å². The summed E-state index contributed by atoms with van der Waals surface area (Å²) >= 11 is 1.58. The second kappa shape index (κ2) is 4.21. The predicted octanol–water partition coefficient (Wildman–Crippen LogP) is 1.48. The zero-order valence-corrected chi connectivity index (χ0v) is 8.07. The van der Waals surface area contributed by atoms with Crippen molar-refractivity contribution in [2.75, 3.05) is 0 Å². The highest BCUT2D eigenvalue weighted by atomic mass is 32.1. The third-order valence-corrected chi connectivity index (χ3v) is 2.55. The summed E-state index contributed by atoms with van der Waals surface area (Å²) in [6.45, 7) is 4.40. The first-order valence-electron chi connectivity index (χ1n) is 3.89. The molecule has 1 aromatic heterocycles. The number of aryl methyl sites for hydroxylation is 1. The zero-order chi connectivity index (χ0) is 8.97. The first-order valence-corrected chi connectivity index (χ1v) is 4.77. The SMILES string of the molecule is CCC(=O)NCc1scnc1C. The molecular formula is C8H12N2OS. The third kappa shape index (κ3) is 2.30. The van der Waals surface area contributed by atoms with E-state index in [4.69, 9.17) is 0 Å². The summed E-state index contributed by atoms with van der Waals surface area (Å²) in [4.78, 5) is 16.1. The Hall–Kier alpha value is -0.900. The summed E-state index contributed by atoms with van der Waals surface area (Å²) in [6, 6.07) is 0. The molecule has 0 aromatic carbocycles. The van der Waals surface area contributed by atoms with E-state index in [1.165, 1.54) is 0 Å². The predicted molar refractivity (Wildman–Crippen MR) is 49.0 cm³/mol. The number of hydrogen-bond donors (Lipinski definition) is 1. The molecule has 1 rings (SSSR count). The quantitative estimate of drug-likeness (QED) is 0.773. The minimum absolute atomic E-state index is 0.0859. The number of aromatic nitrogens is 1. The van der Waals surface area contributed by atoms with E-state index < -0.39 is 0 Å². The molecule has 66 valence electrons. The van der Waals surface area contributed by atoms with Crippen LogP contribution in [0, 0.1) is 6.92 Å². The molecule has 0 bridgehead atoms. The van der Waals surface area contributed by atoms with Crippen molar-refractivity contribution in [2.24, 2.45) is 0 Å². The van der Waals surface area contributed by atoms with Gasteiger partial charge in [0.15, 0.2) is 0 Å². The number of nitrogens with one attached hydrogen (secondary N) is 1. The Morgan fingerprint density at radius 1 is 1.75 bits per heavy atom. The van der Waals surface area contributed by atoms with Gasteiger partial charge in [-0.1, -0.05) is 6.92 Å². The van der Waals surface area contributed by atoms with Crippen molar-refractivity contribution in [1.29, 1.82) is 0 Å². The molecule has 1 N–H and O–H groups in total. The van der Waals surface area contributed by atoms with Gasteiger partial charge >= 0.3 is 0 Å².